The van der Waals surface area contributed by atoms with Crippen molar-refractivity contribution in [3.8, 4) is 0 Å². The maximum atomic E-state index is 12.4. The lowest BCUT2D eigenvalue weighted by atomic mass is 10.0. The molecule has 0 atom stereocenters. The van der Waals surface area contributed by atoms with Gasteiger partial charge in [0.1, 0.15) is 6.61 Å². The Kier molecular flexibility index (Phi) is 5.49. The van der Waals surface area contributed by atoms with Gasteiger partial charge in [0.2, 0.25) is 5.91 Å². The van der Waals surface area contributed by atoms with Gasteiger partial charge in [-0.2, -0.15) is 0 Å². The molecule has 0 aliphatic rings. The van der Waals surface area contributed by atoms with E-state index in [-0.39, 0.29) is 18.4 Å². The second-order valence-electron chi connectivity index (χ2n) is 5.33. The van der Waals surface area contributed by atoms with Crippen LogP contribution in [0.3, 0.4) is 0 Å². The van der Waals surface area contributed by atoms with Gasteiger partial charge >= 0.3 is 0 Å². The number of carbonyl (C=O) groups excluding carboxylic acids is 2. The summed E-state index contributed by atoms with van der Waals surface area (Å²) in [6.45, 7) is 3.83. The molecule has 2 N–H and O–H groups in total. The van der Waals surface area contributed by atoms with Crippen LogP contribution in [0.5, 0.6) is 0 Å². The lowest BCUT2D eigenvalue weighted by molar-refractivity contribution is -0.119. The highest BCUT2D eigenvalue weighted by atomic mass is 16.5. The summed E-state index contributed by atoms with van der Waals surface area (Å²) in [5.74, 6) is -0.419. The van der Waals surface area contributed by atoms with Crippen molar-refractivity contribution in [2.24, 2.45) is 0 Å². The number of benzene rings is 2. The second kappa shape index (κ2) is 7.56. The Balaban J connectivity index is 2.12. The number of methoxy groups -OCH3 is 1. The first-order chi connectivity index (χ1) is 11.0. The third kappa shape index (κ3) is 4.66. The SMILES string of the molecule is COCC(=O)Nc1cccc(NC(=O)c2cc(C)ccc2C)c1. The molecule has 5 heteroatoms. The molecule has 2 aromatic carbocycles. The zero-order valence-electron chi connectivity index (χ0n) is 13.5. The summed E-state index contributed by atoms with van der Waals surface area (Å²) in [4.78, 5) is 23.9. The fourth-order valence-electron chi connectivity index (χ4n) is 2.18. The molecule has 2 aromatic rings. The maximum absolute atomic E-state index is 12.4. The van der Waals surface area contributed by atoms with Crippen LogP contribution < -0.4 is 10.6 Å². The zero-order valence-corrected chi connectivity index (χ0v) is 13.5. The molecule has 0 aromatic heterocycles. The molecule has 0 spiro atoms. The number of ether oxygens (including phenoxy) is 1. The van der Waals surface area contributed by atoms with Crippen molar-refractivity contribution in [3.05, 3.63) is 59.2 Å². The van der Waals surface area contributed by atoms with E-state index in [2.05, 4.69) is 10.6 Å². The Morgan fingerprint density at radius 2 is 1.70 bits per heavy atom. The summed E-state index contributed by atoms with van der Waals surface area (Å²) in [6, 6.07) is 12.7. The van der Waals surface area contributed by atoms with Crippen molar-refractivity contribution >= 4 is 23.2 Å². The number of anilines is 2. The Morgan fingerprint density at radius 3 is 2.39 bits per heavy atom. The summed E-state index contributed by atoms with van der Waals surface area (Å²) >= 11 is 0. The number of nitrogens with one attached hydrogen (secondary N) is 2. The molecule has 120 valence electrons. The van der Waals surface area contributed by atoms with Crippen LogP contribution in [0.25, 0.3) is 0 Å². The van der Waals surface area contributed by atoms with Crippen molar-refractivity contribution < 1.29 is 14.3 Å². The lowest BCUT2D eigenvalue weighted by Crippen LogP contribution is -2.17. The topological polar surface area (TPSA) is 67.4 Å². The number of carbonyl (C=O) groups is 2. The summed E-state index contributed by atoms with van der Waals surface area (Å²) in [5, 5.41) is 5.55. The molecule has 0 saturated heterocycles. The maximum Gasteiger partial charge on any atom is 0.255 e. The van der Waals surface area contributed by atoms with Gasteiger partial charge in [-0.05, 0) is 43.7 Å². The van der Waals surface area contributed by atoms with Crippen LogP contribution in [0, 0.1) is 13.8 Å². The highest BCUT2D eigenvalue weighted by Crippen LogP contribution is 2.18. The van der Waals surface area contributed by atoms with Crippen LogP contribution in [-0.2, 0) is 9.53 Å². The van der Waals surface area contributed by atoms with Gasteiger partial charge in [0.15, 0.2) is 0 Å². The van der Waals surface area contributed by atoms with Crippen molar-refractivity contribution in [1.82, 2.24) is 0 Å². The third-order valence-electron chi connectivity index (χ3n) is 3.32. The van der Waals surface area contributed by atoms with Crippen molar-refractivity contribution in [1.29, 1.82) is 0 Å². The number of amides is 2. The summed E-state index contributed by atoms with van der Waals surface area (Å²) in [7, 11) is 1.46. The van der Waals surface area contributed by atoms with Gasteiger partial charge in [0.25, 0.3) is 5.91 Å². The summed E-state index contributed by atoms with van der Waals surface area (Å²) < 4.78 is 4.77. The summed E-state index contributed by atoms with van der Waals surface area (Å²) in [5.41, 5.74) is 3.80. The molecule has 23 heavy (non-hydrogen) atoms. The fourth-order valence-corrected chi connectivity index (χ4v) is 2.18. The van der Waals surface area contributed by atoms with Gasteiger partial charge in [-0.1, -0.05) is 23.8 Å². The predicted octanol–water partition coefficient (Wildman–Crippen LogP) is 3.14. The van der Waals surface area contributed by atoms with E-state index in [4.69, 9.17) is 4.74 Å². The predicted molar refractivity (Wildman–Crippen MR) is 90.8 cm³/mol. The molecule has 0 heterocycles. The third-order valence-corrected chi connectivity index (χ3v) is 3.32. The van der Waals surface area contributed by atoms with Gasteiger partial charge < -0.3 is 15.4 Å². The minimum atomic E-state index is -0.245. The van der Waals surface area contributed by atoms with E-state index in [1.54, 1.807) is 24.3 Å². The highest BCUT2D eigenvalue weighted by molar-refractivity contribution is 6.05. The first-order valence-corrected chi connectivity index (χ1v) is 7.27. The van der Waals surface area contributed by atoms with E-state index in [0.29, 0.717) is 16.9 Å². The second-order valence-corrected chi connectivity index (χ2v) is 5.33. The quantitative estimate of drug-likeness (QED) is 0.891. The van der Waals surface area contributed by atoms with Gasteiger partial charge in [0, 0.05) is 24.0 Å². The summed E-state index contributed by atoms with van der Waals surface area (Å²) in [6.07, 6.45) is 0. The average Bonchev–Trinajstić information content (AvgIpc) is 2.50. The molecular weight excluding hydrogens is 292 g/mol. The molecule has 0 saturated carbocycles. The van der Waals surface area contributed by atoms with Crippen LogP contribution in [0.2, 0.25) is 0 Å². The van der Waals surface area contributed by atoms with Gasteiger partial charge in [-0.3, -0.25) is 9.59 Å². The standard InChI is InChI=1S/C18H20N2O3/c1-12-7-8-13(2)16(9-12)18(22)20-15-6-4-5-14(10-15)19-17(21)11-23-3/h4-10H,11H2,1-3H3,(H,19,21)(H,20,22). The van der Waals surface area contributed by atoms with Crippen LogP contribution >= 0.6 is 0 Å². The van der Waals surface area contributed by atoms with E-state index in [1.165, 1.54) is 7.11 Å². The highest BCUT2D eigenvalue weighted by Gasteiger charge is 2.10. The molecule has 0 bridgehead atoms. The van der Waals surface area contributed by atoms with E-state index in [1.807, 2.05) is 32.0 Å². The van der Waals surface area contributed by atoms with E-state index >= 15 is 0 Å². The average molecular weight is 312 g/mol. The molecule has 0 aliphatic heterocycles. The van der Waals surface area contributed by atoms with Crippen LogP contribution in [0.15, 0.2) is 42.5 Å². The molecule has 0 unspecified atom stereocenters. The number of aryl methyl sites for hydroxylation is 2. The number of rotatable bonds is 5. The van der Waals surface area contributed by atoms with E-state index in [9.17, 15) is 9.59 Å². The Bertz CT molecular complexity index is 726. The Hall–Kier alpha value is -2.66. The minimum Gasteiger partial charge on any atom is -0.375 e. The smallest absolute Gasteiger partial charge is 0.255 e. The van der Waals surface area contributed by atoms with Gasteiger partial charge in [-0.15, -0.1) is 0 Å². The van der Waals surface area contributed by atoms with Crippen LogP contribution in [-0.4, -0.2) is 25.5 Å². The monoisotopic (exact) mass is 312 g/mol. The largest absolute Gasteiger partial charge is 0.375 e. The van der Waals surface area contributed by atoms with E-state index < -0.39 is 0 Å². The first kappa shape index (κ1) is 16.7. The minimum absolute atomic E-state index is 0.0148. The Labute approximate surface area is 135 Å². The Morgan fingerprint density at radius 1 is 1.00 bits per heavy atom. The number of hydrogen-bond acceptors (Lipinski definition) is 3. The van der Waals surface area contributed by atoms with Crippen molar-refractivity contribution in [3.63, 3.8) is 0 Å². The first-order valence-electron chi connectivity index (χ1n) is 7.27. The van der Waals surface area contributed by atoms with Gasteiger partial charge in [0.05, 0.1) is 0 Å². The molecule has 0 radical (unpaired) electrons. The van der Waals surface area contributed by atoms with Gasteiger partial charge in [-0.25, -0.2) is 0 Å². The molecule has 0 fully saturated rings. The lowest BCUT2D eigenvalue weighted by Gasteiger charge is -2.10. The molecule has 2 amide bonds. The normalized spacial score (nSPS) is 10.2. The van der Waals surface area contributed by atoms with Crippen molar-refractivity contribution in [2.75, 3.05) is 24.4 Å². The molecule has 0 aliphatic carbocycles. The molecule has 2 rings (SSSR count). The zero-order chi connectivity index (χ0) is 16.8. The van der Waals surface area contributed by atoms with Crippen LogP contribution in [0.4, 0.5) is 11.4 Å². The van der Waals surface area contributed by atoms with Crippen molar-refractivity contribution in [2.45, 2.75) is 13.8 Å². The fraction of sp³-hybridized carbons (Fsp3) is 0.222. The molecule has 5 nitrogen and oxygen atoms in total. The van der Waals surface area contributed by atoms with E-state index in [0.717, 1.165) is 11.1 Å². The number of hydrogen-bond donors (Lipinski definition) is 2. The molecular formula is C18H20N2O3. The van der Waals surface area contributed by atoms with Crippen LogP contribution in [0.1, 0.15) is 21.5 Å².